The summed E-state index contributed by atoms with van der Waals surface area (Å²) in [7, 11) is 0. The van der Waals surface area contributed by atoms with Crippen LogP contribution in [0.2, 0.25) is 5.02 Å². The Morgan fingerprint density at radius 2 is 2.41 bits per heavy atom. The molecule has 0 aliphatic carbocycles. The fourth-order valence-corrected chi connectivity index (χ4v) is 2.69. The Hall–Kier alpha value is -0.740. The van der Waals surface area contributed by atoms with Crippen LogP contribution in [0.15, 0.2) is 23.2 Å². The Kier molecular flexibility index (Phi) is 4.29. The fourth-order valence-electron chi connectivity index (χ4n) is 1.55. The summed E-state index contributed by atoms with van der Waals surface area (Å²) in [6.45, 7) is 3.67. The number of nitrogens with one attached hydrogen (secondary N) is 1. The van der Waals surface area contributed by atoms with E-state index in [4.69, 9.17) is 11.6 Å². The molecule has 92 valence electrons. The summed E-state index contributed by atoms with van der Waals surface area (Å²) >= 11 is 7.49. The first-order valence-electron chi connectivity index (χ1n) is 5.58. The Balaban J connectivity index is 1.88. The van der Waals surface area contributed by atoms with Crippen LogP contribution in [0.4, 0.5) is 4.39 Å². The second-order valence-electron chi connectivity index (χ2n) is 3.90. The Bertz CT molecular complexity index is 437. The highest BCUT2D eigenvalue weighted by molar-refractivity contribution is 8.14. The summed E-state index contributed by atoms with van der Waals surface area (Å²) < 4.78 is 13.0. The number of rotatable bonds is 3. The van der Waals surface area contributed by atoms with E-state index in [0.717, 1.165) is 23.7 Å². The van der Waals surface area contributed by atoms with Crippen molar-refractivity contribution < 1.29 is 4.39 Å². The van der Waals surface area contributed by atoms with Gasteiger partial charge in [-0.15, -0.1) is 0 Å². The van der Waals surface area contributed by atoms with E-state index < -0.39 is 0 Å². The van der Waals surface area contributed by atoms with E-state index in [2.05, 4.69) is 17.2 Å². The summed E-state index contributed by atoms with van der Waals surface area (Å²) in [6.07, 6.45) is 1.13. The molecule has 1 unspecified atom stereocenters. The van der Waals surface area contributed by atoms with Crippen molar-refractivity contribution in [1.82, 2.24) is 5.32 Å². The fraction of sp³-hybridized carbons (Fsp3) is 0.417. The van der Waals surface area contributed by atoms with E-state index >= 15 is 0 Å². The SMILES string of the molecule is CCC1CN=C(NCc2ccc(F)c(Cl)c2)S1. The van der Waals surface area contributed by atoms with Gasteiger partial charge >= 0.3 is 0 Å². The molecule has 0 fully saturated rings. The lowest BCUT2D eigenvalue weighted by Crippen LogP contribution is -2.18. The van der Waals surface area contributed by atoms with Crippen LogP contribution in [0, 0.1) is 5.82 Å². The first-order valence-corrected chi connectivity index (χ1v) is 6.83. The van der Waals surface area contributed by atoms with Crippen LogP contribution in [0.5, 0.6) is 0 Å². The molecule has 17 heavy (non-hydrogen) atoms. The molecule has 1 atom stereocenters. The smallest absolute Gasteiger partial charge is 0.157 e. The largest absolute Gasteiger partial charge is 0.361 e. The summed E-state index contributed by atoms with van der Waals surface area (Å²) in [5.41, 5.74) is 0.958. The molecule has 0 saturated heterocycles. The average Bonchev–Trinajstić information content (AvgIpc) is 2.79. The minimum Gasteiger partial charge on any atom is -0.361 e. The molecule has 1 aromatic rings. The van der Waals surface area contributed by atoms with Gasteiger partial charge in [-0.1, -0.05) is 36.4 Å². The topological polar surface area (TPSA) is 24.4 Å². The normalized spacial score (nSPS) is 19.2. The van der Waals surface area contributed by atoms with E-state index in [-0.39, 0.29) is 10.8 Å². The third kappa shape index (κ3) is 3.36. The quantitative estimate of drug-likeness (QED) is 0.911. The molecular weight excluding hydrogens is 259 g/mol. The van der Waals surface area contributed by atoms with Gasteiger partial charge in [-0.25, -0.2) is 4.39 Å². The number of halogens is 2. The molecule has 1 aliphatic rings. The molecule has 0 radical (unpaired) electrons. The highest BCUT2D eigenvalue weighted by Crippen LogP contribution is 2.22. The van der Waals surface area contributed by atoms with Gasteiger partial charge in [-0.05, 0) is 24.1 Å². The third-order valence-electron chi connectivity index (χ3n) is 2.60. The molecule has 1 N–H and O–H groups in total. The number of aliphatic imine (C=N–C) groups is 1. The standard InChI is InChI=1S/C12H14ClFN2S/c1-2-9-7-16-12(17-9)15-6-8-3-4-11(14)10(13)5-8/h3-5,9H,2,6-7H2,1H3,(H,15,16). The van der Waals surface area contributed by atoms with E-state index in [1.165, 1.54) is 6.07 Å². The second-order valence-corrected chi connectivity index (χ2v) is 5.59. The van der Waals surface area contributed by atoms with E-state index in [1.807, 2.05) is 0 Å². The monoisotopic (exact) mass is 272 g/mol. The molecule has 1 aromatic carbocycles. The van der Waals surface area contributed by atoms with Gasteiger partial charge in [0.1, 0.15) is 5.82 Å². The molecule has 0 aromatic heterocycles. The minimum absolute atomic E-state index is 0.164. The first kappa shape index (κ1) is 12.7. The van der Waals surface area contributed by atoms with Crippen LogP contribution in [-0.4, -0.2) is 17.0 Å². The molecule has 1 aliphatic heterocycles. The molecule has 0 amide bonds. The van der Waals surface area contributed by atoms with Crippen molar-refractivity contribution in [3.63, 3.8) is 0 Å². The second kappa shape index (κ2) is 5.74. The number of benzene rings is 1. The van der Waals surface area contributed by atoms with E-state index in [1.54, 1.807) is 23.9 Å². The maximum Gasteiger partial charge on any atom is 0.157 e. The Morgan fingerprint density at radius 1 is 1.59 bits per heavy atom. The zero-order valence-corrected chi connectivity index (χ0v) is 11.1. The minimum atomic E-state index is -0.381. The highest BCUT2D eigenvalue weighted by atomic mass is 35.5. The van der Waals surface area contributed by atoms with Gasteiger partial charge in [0, 0.05) is 11.8 Å². The van der Waals surface area contributed by atoms with Gasteiger partial charge in [0.15, 0.2) is 5.17 Å². The molecule has 0 bridgehead atoms. The van der Waals surface area contributed by atoms with Crippen molar-refractivity contribution in [2.24, 2.45) is 4.99 Å². The van der Waals surface area contributed by atoms with Gasteiger partial charge in [0.25, 0.3) is 0 Å². The Labute approximate surface area is 110 Å². The van der Waals surface area contributed by atoms with Crippen LogP contribution in [0.1, 0.15) is 18.9 Å². The van der Waals surface area contributed by atoms with Crippen molar-refractivity contribution >= 4 is 28.5 Å². The molecule has 0 saturated carbocycles. The van der Waals surface area contributed by atoms with Gasteiger partial charge in [0.2, 0.25) is 0 Å². The number of thioether (sulfide) groups is 1. The first-order chi connectivity index (χ1) is 8.19. The summed E-state index contributed by atoms with van der Waals surface area (Å²) in [5.74, 6) is -0.381. The zero-order chi connectivity index (χ0) is 12.3. The van der Waals surface area contributed by atoms with Crippen molar-refractivity contribution in [3.05, 3.63) is 34.6 Å². The van der Waals surface area contributed by atoms with Gasteiger partial charge < -0.3 is 5.32 Å². The lowest BCUT2D eigenvalue weighted by atomic mass is 10.2. The van der Waals surface area contributed by atoms with Gasteiger partial charge in [-0.2, -0.15) is 0 Å². The maximum absolute atomic E-state index is 13.0. The van der Waals surface area contributed by atoms with Crippen LogP contribution >= 0.6 is 23.4 Å². The molecule has 5 heteroatoms. The van der Waals surface area contributed by atoms with E-state index in [0.29, 0.717) is 11.8 Å². The highest BCUT2D eigenvalue weighted by Gasteiger charge is 2.17. The van der Waals surface area contributed by atoms with Crippen LogP contribution in [0.25, 0.3) is 0 Å². The van der Waals surface area contributed by atoms with Crippen molar-refractivity contribution in [3.8, 4) is 0 Å². The summed E-state index contributed by atoms with van der Waals surface area (Å²) in [6, 6.07) is 4.75. The summed E-state index contributed by atoms with van der Waals surface area (Å²) in [5, 5.41) is 4.97. The number of hydrogen-bond donors (Lipinski definition) is 1. The Morgan fingerprint density at radius 3 is 3.06 bits per heavy atom. The molecule has 0 spiro atoms. The van der Waals surface area contributed by atoms with Gasteiger partial charge in [-0.3, -0.25) is 4.99 Å². The summed E-state index contributed by atoms with van der Waals surface area (Å²) in [4.78, 5) is 4.40. The predicted molar refractivity (Wildman–Crippen MR) is 72.2 cm³/mol. The number of hydrogen-bond acceptors (Lipinski definition) is 3. The lowest BCUT2D eigenvalue weighted by molar-refractivity contribution is 0.627. The number of nitrogens with zero attached hydrogens (tertiary/aromatic N) is 1. The third-order valence-corrected chi connectivity index (χ3v) is 4.20. The number of amidine groups is 1. The lowest BCUT2D eigenvalue weighted by Gasteiger charge is -2.07. The molecule has 1 heterocycles. The van der Waals surface area contributed by atoms with Crippen molar-refractivity contribution in [1.29, 1.82) is 0 Å². The van der Waals surface area contributed by atoms with E-state index in [9.17, 15) is 4.39 Å². The van der Waals surface area contributed by atoms with Crippen molar-refractivity contribution in [2.75, 3.05) is 6.54 Å². The maximum atomic E-state index is 13.0. The van der Waals surface area contributed by atoms with Crippen LogP contribution in [0.3, 0.4) is 0 Å². The molecule has 2 rings (SSSR count). The zero-order valence-electron chi connectivity index (χ0n) is 9.54. The average molecular weight is 273 g/mol. The predicted octanol–water partition coefficient (Wildman–Crippen LogP) is 3.45. The van der Waals surface area contributed by atoms with Gasteiger partial charge in [0.05, 0.1) is 11.6 Å². The van der Waals surface area contributed by atoms with Crippen LogP contribution in [-0.2, 0) is 6.54 Å². The molecular formula is C12H14ClFN2S. The molecule has 2 nitrogen and oxygen atoms in total. The van der Waals surface area contributed by atoms with Crippen LogP contribution < -0.4 is 5.32 Å². The van der Waals surface area contributed by atoms with Crippen molar-refractivity contribution in [2.45, 2.75) is 25.1 Å².